The number of carbonyl (C=O) groups is 1. The predicted octanol–water partition coefficient (Wildman–Crippen LogP) is 1.71. The zero-order chi connectivity index (χ0) is 12.3. The van der Waals surface area contributed by atoms with Gasteiger partial charge in [0.1, 0.15) is 11.3 Å². The highest BCUT2D eigenvalue weighted by atomic mass is 16.5. The lowest BCUT2D eigenvalue weighted by atomic mass is 9.97. The van der Waals surface area contributed by atoms with Crippen LogP contribution >= 0.6 is 0 Å². The van der Waals surface area contributed by atoms with E-state index in [-0.39, 0.29) is 5.56 Å². The Morgan fingerprint density at radius 3 is 2.50 bits per heavy atom. The van der Waals surface area contributed by atoms with Crippen LogP contribution in [0.5, 0.6) is 5.75 Å². The third-order valence-corrected chi connectivity index (χ3v) is 2.13. The van der Waals surface area contributed by atoms with Crippen molar-refractivity contribution in [3.63, 3.8) is 0 Å². The first-order chi connectivity index (χ1) is 7.33. The minimum absolute atomic E-state index is 0.127. The highest BCUT2D eigenvalue weighted by Crippen LogP contribution is 2.22. The van der Waals surface area contributed by atoms with Crippen LogP contribution < -0.4 is 4.74 Å². The molecule has 4 heteroatoms. The molecular formula is C12H16O4. The Labute approximate surface area is 94.5 Å². The van der Waals surface area contributed by atoms with Gasteiger partial charge < -0.3 is 14.9 Å². The molecule has 0 aliphatic carbocycles. The molecule has 1 aromatic carbocycles. The summed E-state index contributed by atoms with van der Waals surface area (Å²) in [6.07, 6.45) is 0.448. The fraction of sp³-hybridized carbons (Fsp3) is 0.417. The summed E-state index contributed by atoms with van der Waals surface area (Å²) < 4.78 is 5.00. The maximum atomic E-state index is 10.8. The summed E-state index contributed by atoms with van der Waals surface area (Å²) in [4.78, 5) is 10.8. The zero-order valence-corrected chi connectivity index (χ0v) is 9.65. The highest BCUT2D eigenvalue weighted by Gasteiger charge is 2.16. The normalized spacial score (nSPS) is 11.2. The van der Waals surface area contributed by atoms with Crippen LogP contribution in [0.4, 0.5) is 0 Å². The highest BCUT2D eigenvalue weighted by molar-refractivity contribution is 5.90. The average Bonchev–Trinajstić information content (AvgIpc) is 2.14. The van der Waals surface area contributed by atoms with Crippen molar-refractivity contribution < 1.29 is 19.7 Å². The second-order valence-electron chi connectivity index (χ2n) is 4.33. The number of rotatable bonds is 4. The van der Waals surface area contributed by atoms with Crippen molar-refractivity contribution in [2.24, 2.45) is 0 Å². The van der Waals surface area contributed by atoms with Gasteiger partial charge in [0.25, 0.3) is 0 Å². The van der Waals surface area contributed by atoms with Gasteiger partial charge in [0, 0.05) is 6.42 Å². The molecule has 0 saturated heterocycles. The molecule has 0 radical (unpaired) electrons. The average molecular weight is 224 g/mol. The molecule has 0 bridgehead atoms. The Hall–Kier alpha value is -1.55. The SMILES string of the molecule is COc1cc(CC(C)(C)O)ccc1C(=O)O. The number of carboxylic acids is 1. The Kier molecular flexibility index (Phi) is 3.55. The minimum atomic E-state index is -1.02. The first-order valence-electron chi connectivity index (χ1n) is 4.96. The van der Waals surface area contributed by atoms with E-state index in [0.717, 1.165) is 5.56 Å². The summed E-state index contributed by atoms with van der Waals surface area (Å²) in [7, 11) is 1.43. The molecule has 0 aliphatic rings. The molecule has 0 spiro atoms. The van der Waals surface area contributed by atoms with Crippen molar-refractivity contribution in [1.29, 1.82) is 0 Å². The van der Waals surface area contributed by atoms with Gasteiger partial charge in [-0.3, -0.25) is 0 Å². The molecular weight excluding hydrogens is 208 g/mol. The van der Waals surface area contributed by atoms with Gasteiger partial charge in [-0.15, -0.1) is 0 Å². The van der Waals surface area contributed by atoms with Crippen LogP contribution in [0.2, 0.25) is 0 Å². The predicted molar refractivity (Wildman–Crippen MR) is 60.0 cm³/mol. The van der Waals surface area contributed by atoms with E-state index in [1.807, 2.05) is 0 Å². The molecule has 88 valence electrons. The van der Waals surface area contributed by atoms with E-state index in [4.69, 9.17) is 9.84 Å². The quantitative estimate of drug-likeness (QED) is 0.817. The number of hydrogen-bond acceptors (Lipinski definition) is 3. The molecule has 16 heavy (non-hydrogen) atoms. The molecule has 0 amide bonds. The van der Waals surface area contributed by atoms with E-state index in [1.54, 1.807) is 26.0 Å². The Bertz CT molecular complexity index is 390. The Balaban J connectivity index is 3.05. The van der Waals surface area contributed by atoms with Crippen LogP contribution in [-0.2, 0) is 6.42 Å². The van der Waals surface area contributed by atoms with Crippen LogP contribution in [-0.4, -0.2) is 28.9 Å². The Morgan fingerprint density at radius 2 is 2.06 bits per heavy atom. The van der Waals surface area contributed by atoms with E-state index in [1.165, 1.54) is 13.2 Å². The van der Waals surface area contributed by atoms with E-state index >= 15 is 0 Å². The van der Waals surface area contributed by atoms with Crippen LogP contribution in [0.1, 0.15) is 29.8 Å². The lowest BCUT2D eigenvalue weighted by molar-refractivity contribution is 0.0693. The van der Waals surface area contributed by atoms with Crippen molar-refractivity contribution in [2.45, 2.75) is 25.9 Å². The van der Waals surface area contributed by atoms with Crippen molar-refractivity contribution in [2.75, 3.05) is 7.11 Å². The summed E-state index contributed by atoms with van der Waals surface area (Å²) in [6.45, 7) is 3.40. The van der Waals surface area contributed by atoms with Gasteiger partial charge in [0.15, 0.2) is 0 Å². The maximum Gasteiger partial charge on any atom is 0.339 e. The molecule has 0 atom stereocenters. The number of aliphatic hydroxyl groups is 1. The molecule has 0 saturated carbocycles. The molecule has 0 unspecified atom stereocenters. The van der Waals surface area contributed by atoms with E-state index in [2.05, 4.69) is 0 Å². The number of carboxylic acid groups (broad SMARTS) is 1. The third-order valence-electron chi connectivity index (χ3n) is 2.13. The van der Waals surface area contributed by atoms with Crippen LogP contribution in [0.3, 0.4) is 0 Å². The number of aromatic carboxylic acids is 1. The van der Waals surface area contributed by atoms with Crippen molar-refractivity contribution in [3.8, 4) is 5.75 Å². The first-order valence-corrected chi connectivity index (χ1v) is 4.96. The summed E-state index contributed by atoms with van der Waals surface area (Å²) in [6, 6.07) is 4.81. The maximum absolute atomic E-state index is 10.8. The lowest BCUT2D eigenvalue weighted by Gasteiger charge is -2.17. The van der Waals surface area contributed by atoms with E-state index in [9.17, 15) is 9.90 Å². The monoisotopic (exact) mass is 224 g/mol. The topological polar surface area (TPSA) is 66.8 Å². The number of benzene rings is 1. The van der Waals surface area contributed by atoms with Crippen molar-refractivity contribution in [3.05, 3.63) is 29.3 Å². The fourth-order valence-corrected chi connectivity index (χ4v) is 1.52. The molecule has 1 aromatic rings. The standard InChI is InChI=1S/C12H16O4/c1-12(2,15)7-8-4-5-9(11(13)14)10(6-8)16-3/h4-6,15H,7H2,1-3H3,(H,13,14). The third kappa shape index (κ3) is 3.24. The summed E-state index contributed by atoms with van der Waals surface area (Å²) in [5, 5.41) is 18.5. The molecule has 0 heterocycles. The fourth-order valence-electron chi connectivity index (χ4n) is 1.52. The van der Waals surface area contributed by atoms with Crippen LogP contribution in [0.25, 0.3) is 0 Å². The first kappa shape index (κ1) is 12.5. The molecule has 1 rings (SSSR count). The van der Waals surface area contributed by atoms with Gasteiger partial charge in [-0.2, -0.15) is 0 Å². The van der Waals surface area contributed by atoms with E-state index < -0.39 is 11.6 Å². The van der Waals surface area contributed by atoms with Gasteiger partial charge in [0.05, 0.1) is 12.7 Å². The molecule has 0 aromatic heterocycles. The number of methoxy groups -OCH3 is 1. The second-order valence-corrected chi connectivity index (χ2v) is 4.33. The minimum Gasteiger partial charge on any atom is -0.496 e. The van der Waals surface area contributed by atoms with Gasteiger partial charge in [0.2, 0.25) is 0 Å². The summed E-state index contributed by atoms with van der Waals surface area (Å²) in [5.74, 6) is -0.707. The van der Waals surface area contributed by atoms with Gasteiger partial charge in [-0.1, -0.05) is 6.07 Å². The molecule has 0 aliphatic heterocycles. The zero-order valence-electron chi connectivity index (χ0n) is 9.65. The number of ether oxygens (including phenoxy) is 1. The van der Waals surface area contributed by atoms with Gasteiger partial charge in [-0.05, 0) is 31.5 Å². The Morgan fingerprint density at radius 1 is 1.44 bits per heavy atom. The summed E-state index contributed by atoms with van der Waals surface area (Å²) in [5.41, 5.74) is 0.145. The van der Waals surface area contributed by atoms with Gasteiger partial charge in [-0.25, -0.2) is 4.79 Å². The smallest absolute Gasteiger partial charge is 0.339 e. The summed E-state index contributed by atoms with van der Waals surface area (Å²) >= 11 is 0. The second kappa shape index (κ2) is 4.53. The van der Waals surface area contributed by atoms with Gasteiger partial charge >= 0.3 is 5.97 Å². The molecule has 2 N–H and O–H groups in total. The van der Waals surface area contributed by atoms with Crippen LogP contribution in [0, 0.1) is 0 Å². The van der Waals surface area contributed by atoms with E-state index in [0.29, 0.717) is 12.2 Å². The van der Waals surface area contributed by atoms with Crippen molar-refractivity contribution >= 4 is 5.97 Å². The largest absolute Gasteiger partial charge is 0.496 e. The van der Waals surface area contributed by atoms with Crippen LogP contribution in [0.15, 0.2) is 18.2 Å². The molecule has 4 nitrogen and oxygen atoms in total. The molecule has 0 fully saturated rings. The number of hydrogen-bond donors (Lipinski definition) is 2. The lowest BCUT2D eigenvalue weighted by Crippen LogP contribution is -2.21. The van der Waals surface area contributed by atoms with Crippen molar-refractivity contribution in [1.82, 2.24) is 0 Å².